The molecule has 1 saturated heterocycles. The average molecular weight is 252 g/mol. The van der Waals surface area contributed by atoms with E-state index in [4.69, 9.17) is 0 Å². The van der Waals surface area contributed by atoms with Crippen LogP contribution in [0.4, 0.5) is 0 Å². The Bertz CT molecular complexity index is 402. The number of rotatable bonds is 4. The molecule has 17 heavy (non-hydrogen) atoms. The molecular weight excluding hydrogens is 232 g/mol. The zero-order valence-electron chi connectivity index (χ0n) is 10.7. The van der Waals surface area contributed by atoms with E-state index in [2.05, 4.69) is 31.3 Å². The van der Waals surface area contributed by atoms with Gasteiger partial charge in [0.05, 0.1) is 6.04 Å². The molecule has 94 valence electrons. The quantitative estimate of drug-likeness (QED) is 0.893. The molecular formula is C13H20N2OS. The number of likely N-dealkylation sites (N-methyl/N-ethyl adjacent to an activating group) is 1. The Kier molecular flexibility index (Phi) is 3.84. The number of hydrogen-bond donors (Lipinski definition) is 1. The average Bonchev–Trinajstić information content (AvgIpc) is 2.84. The van der Waals surface area contributed by atoms with Crippen LogP contribution < -0.4 is 5.32 Å². The number of thiophene rings is 1. The molecule has 0 aliphatic carbocycles. The fraction of sp³-hybridized carbons (Fsp3) is 0.615. The maximum absolute atomic E-state index is 12.1. The fourth-order valence-electron chi connectivity index (χ4n) is 2.24. The minimum Gasteiger partial charge on any atom is -0.324 e. The van der Waals surface area contributed by atoms with Gasteiger partial charge in [-0.05, 0) is 25.5 Å². The van der Waals surface area contributed by atoms with Crippen molar-refractivity contribution >= 4 is 17.2 Å². The summed E-state index contributed by atoms with van der Waals surface area (Å²) in [6.07, 6.45) is 3.26. The van der Waals surface area contributed by atoms with E-state index in [9.17, 15) is 4.79 Å². The third-order valence-electron chi connectivity index (χ3n) is 3.27. The van der Waals surface area contributed by atoms with Gasteiger partial charge in [0, 0.05) is 16.8 Å². The molecule has 0 bridgehead atoms. The topological polar surface area (TPSA) is 32.3 Å². The van der Waals surface area contributed by atoms with Crippen molar-refractivity contribution < 1.29 is 4.79 Å². The molecule has 2 atom stereocenters. The van der Waals surface area contributed by atoms with Crippen molar-refractivity contribution in [3.05, 3.63) is 21.9 Å². The lowest BCUT2D eigenvalue weighted by atomic mass is 10.1. The molecule has 2 unspecified atom stereocenters. The minimum atomic E-state index is 0.00681. The van der Waals surface area contributed by atoms with Crippen molar-refractivity contribution in [1.29, 1.82) is 0 Å². The highest BCUT2D eigenvalue weighted by Crippen LogP contribution is 2.30. The number of amides is 1. The second kappa shape index (κ2) is 5.19. The summed E-state index contributed by atoms with van der Waals surface area (Å²) >= 11 is 1.76. The van der Waals surface area contributed by atoms with E-state index in [-0.39, 0.29) is 18.1 Å². The van der Waals surface area contributed by atoms with Gasteiger partial charge in [-0.15, -0.1) is 11.3 Å². The molecule has 0 aromatic carbocycles. The Morgan fingerprint density at radius 2 is 2.24 bits per heavy atom. The molecule has 1 N–H and O–H groups in total. The van der Waals surface area contributed by atoms with Gasteiger partial charge in [0.2, 0.25) is 5.91 Å². The van der Waals surface area contributed by atoms with E-state index in [0.29, 0.717) is 0 Å². The standard InChI is InChI=1S/C13H20N2OS/c1-4-5-6-10-13(16)15(3)12(14-10)11-8-7-9(2)17-11/h7-8,10,12,14H,4-6H2,1-3H3. The van der Waals surface area contributed by atoms with Crippen LogP contribution in [0.1, 0.15) is 42.1 Å². The largest absolute Gasteiger partial charge is 0.324 e. The van der Waals surface area contributed by atoms with Crippen LogP contribution in [0, 0.1) is 6.92 Å². The first-order chi connectivity index (χ1) is 8.13. The van der Waals surface area contributed by atoms with Crippen LogP contribution in [0.3, 0.4) is 0 Å². The summed E-state index contributed by atoms with van der Waals surface area (Å²) in [4.78, 5) is 16.4. The number of carbonyl (C=O) groups is 1. The summed E-state index contributed by atoms with van der Waals surface area (Å²) in [6.45, 7) is 4.25. The molecule has 0 saturated carbocycles. The summed E-state index contributed by atoms with van der Waals surface area (Å²) < 4.78 is 0. The Morgan fingerprint density at radius 3 is 2.82 bits per heavy atom. The molecule has 1 aliphatic rings. The van der Waals surface area contributed by atoms with E-state index >= 15 is 0 Å². The summed E-state index contributed by atoms with van der Waals surface area (Å²) in [5.74, 6) is 0.231. The van der Waals surface area contributed by atoms with Crippen molar-refractivity contribution in [1.82, 2.24) is 10.2 Å². The molecule has 1 aliphatic heterocycles. The van der Waals surface area contributed by atoms with E-state index in [1.807, 2.05) is 11.9 Å². The molecule has 2 rings (SSSR count). The molecule has 1 aromatic rings. The third kappa shape index (κ3) is 2.53. The van der Waals surface area contributed by atoms with Gasteiger partial charge < -0.3 is 4.90 Å². The van der Waals surface area contributed by atoms with Gasteiger partial charge in [-0.25, -0.2) is 0 Å². The monoisotopic (exact) mass is 252 g/mol. The summed E-state index contributed by atoms with van der Waals surface area (Å²) in [6, 6.07) is 4.23. The van der Waals surface area contributed by atoms with Gasteiger partial charge in [0.1, 0.15) is 6.17 Å². The maximum Gasteiger partial charge on any atom is 0.241 e. The lowest BCUT2D eigenvalue weighted by molar-refractivity contribution is -0.128. The van der Waals surface area contributed by atoms with Gasteiger partial charge in [-0.3, -0.25) is 10.1 Å². The molecule has 1 aromatic heterocycles. The normalized spacial score (nSPS) is 24.6. The van der Waals surface area contributed by atoms with Gasteiger partial charge in [0.15, 0.2) is 0 Å². The number of hydrogen-bond acceptors (Lipinski definition) is 3. The zero-order chi connectivity index (χ0) is 12.4. The zero-order valence-corrected chi connectivity index (χ0v) is 11.5. The van der Waals surface area contributed by atoms with Crippen LogP contribution in [0.2, 0.25) is 0 Å². The smallest absolute Gasteiger partial charge is 0.241 e. The number of aryl methyl sites for hydroxylation is 1. The van der Waals surface area contributed by atoms with E-state index < -0.39 is 0 Å². The highest BCUT2D eigenvalue weighted by Gasteiger charge is 2.37. The third-order valence-corrected chi connectivity index (χ3v) is 4.32. The molecule has 2 heterocycles. The summed E-state index contributed by atoms with van der Waals surface area (Å²) in [7, 11) is 1.89. The van der Waals surface area contributed by atoms with Crippen LogP contribution in [0.15, 0.2) is 12.1 Å². The lowest BCUT2D eigenvalue weighted by Gasteiger charge is -2.17. The molecule has 0 radical (unpaired) electrons. The SMILES string of the molecule is CCCCC1NC(c2ccc(C)s2)N(C)C1=O. The van der Waals surface area contributed by atoms with Gasteiger partial charge in [0.25, 0.3) is 0 Å². The van der Waals surface area contributed by atoms with E-state index in [0.717, 1.165) is 19.3 Å². The second-order valence-corrected chi connectivity index (χ2v) is 5.98. The Balaban J connectivity index is 2.08. The summed E-state index contributed by atoms with van der Waals surface area (Å²) in [5.41, 5.74) is 0. The van der Waals surface area contributed by atoms with Gasteiger partial charge >= 0.3 is 0 Å². The number of nitrogens with zero attached hydrogens (tertiary/aromatic N) is 1. The summed E-state index contributed by atoms with van der Waals surface area (Å²) in [5, 5.41) is 3.44. The Labute approximate surface area is 107 Å². The molecule has 4 heteroatoms. The fourth-order valence-corrected chi connectivity index (χ4v) is 3.22. The lowest BCUT2D eigenvalue weighted by Crippen LogP contribution is -2.28. The highest BCUT2D eigenvalue weighted by molar-refractivity contribution is 7.12. The molecule has 0 spiro atoms. The van der Waals surface area contributed by atoms with E-state index in [1.54, 1.807) is 11.3 Å². The first kappa shape index (κ1) is 12.6. The highest BCUT2D eigenvalue weighted by atomic mass is 32.1. The number of nitrogens with one attached hydrogen (secondary N) is 1. The van der Waals surface area contributed by atoms with Crippen LogP contribution >= 0.6 is 11.3 Å². The van der Waals surface area contributed by atoms with Gasteiger partial charge in [-0.2, -0.15) is 0 Å². The Hall–Kier alpha value is -0.870. The van der Waals surface area contributed by atoms with Crippen LogP contribution in [0.25, 0.3) is 0 Å². The number of carbonyl (C=O) groups excluding carboxylic acids is 1. The first-order valence-electron chi connectivity index (χ1n) is 6.22. The van der Waals surface area contributed by atoms with Crippen LogP contribution in [-0.2, 0) is 4.79 Å². The van der Waals surface area contributed by atoms with E-state index in [1.165, 1.54) is 9.75 Å². The van der Waals surface area contributed by atoms with Crippen molar-refractivity contribution in [2.24, 2.45) is 0 Å². The predicted molar refractivity (Wildman–Crippen MR) is 71.0 cm³/mol. The molecule has 1 fully saturated rings. The predicted octanol–water partition coefficient (Wildman–Crippen LogP) is 2.68. The van der Waals surface area contributed by atoms with Crippen molar-refractivity contribution in [3.8, 4) is 0 Å². The van der Waals surface area contributed by atoms with Crippen molar-refractivity contribution in [2.45, 2.75) is 45.3 Å². The van der Waals surface area contributed by atoms with Crippen LogP contribution in [-0.4, -0.2) is 23.9 Å². The Morgan fingerprint density at radius 1 is 1.47 bits per heavy atom. The second-order valence-electron chi connectivity index (χ2n) is 4.66. The minimum absolute atomic E-state index is 0.00681. The van der Waals surface area contributed by atoms with Crippen molar-refractivity contribution in [2.75, 3.05) is 7.05 Å². The first-order valence-corrected chi connectivity index (χ1v) is 7.04. The maximum atomic E-state index is 12.1. The van der Waals surface area contributed by atoms with Crippen LogP contribution in [0.5, 0.6) is 0 Å². The van der Waals surface area contributed by atoms with Crippen molar-refractivity contribution in [3.63, 3.8) is 0 Å². The molecule has 1 amide bonds. The molecule has 3 nitrogen and oxygen atoms in total. The van der Waals surface area contributed by atoms with Gasteiger partial charge in [-0.1, -0.05) is 19.8 Å². The number of unbranched alkanes of at least 4 members (excludes halogenated alkanes) is 1.